The molecule has 2 amide bonds. The monoisotopic (exact) mass is 439 g/mol. The second-order valence-electron chi connectivity index (χ2n) is 7.05. The third kappa shape index (κ3) is 6.08. The zero-order chi connectivity index (χ0) is 22.4. The van der Waals surface area contributed by atoms with Gasteiger partial charge in [0, 0.05) is 24.5 Å². The largest absolute Gasteiger partial charge is 0.497 e. The van der Waals surface area contributed by atoms with E-state index in [9.17, 15) is 9.59 Å². The number of thioether (sulfide) groups is 1. The van der Waals surface area contributed by atoms with E-state index in [0.29, 0.717) is 22.4 Å². The number of rotatable bonds is 8. The van der Waals surface area contributed by atoms with Crippen molar-refractivity contribution in [3.63, 3.8) is 0 Å². The number of hydrogen-bond acceptors (Lipinski definition) is 6. The molecule has 0 aliphatic carbocycles. The van der Waals surface area contributed by atoms with Crippen LogP contribution >= 0.6 is 11.8 Å². The van der Waals surface area contributed by atoms with E-state index in [-0.39, 0.29) is 24.0 Å². The van der Waals surface area contributed by atoms with E-state index in [0.717, 1.165) is 11.3 Å². The zero-order valence-electron chi connectivity index (χ0n) is 17.9. The standard InChI is InChI=1S/C22H25N5O3S/c1-14-8-9-17(10-15(14)2)24-21(29)13-31-22-26-25-19(27(22)3)12-20(28)23-16-6-5-7-18(11-16)30-4/h5-11H,12-13H2,1-4H3,(H,23,28)(H,24,29). The van der Waals surface area contributed by atoms with E-state index in [4.69, 9.17) is 4.74 Å². The van der Waals surface area contributed by atoms with Gasteiger partial charge in [0.1, 0.15) is 11.6 Å². The molecule has 0 saturated carbocycles. The Hall–Kier alpha value is -3.33. The van der Waals surface area contributed by atoms with Crippen LogP contribution in [0.4, 0.5) is 11.4 Å². The first kappa shape index (κ1) is 22.4. The van der Waals surface area contributed by atoms with Gasteiger partial charge >= 0.3 is 0 Å². The molecule has 2 N–H and O–H groups in total. The number of methoxy groups -OCH3 is 1. The minimum Gasteiger partial charge on any atom is -0.497 e. The van der Waals surface area contributed by atoms with Gasteiger partial charge in [-0.25, -0.2) is 0 Å². The first-order valence-electron chi connectivity index (χ1n) is 9.68. The molecule has 3 aromatic rings. The first-order valence-corrected chi connectivity index (χ1v) is 10.7. The Morgan fingerprint density at radius 2 is 1.74 bits per heavy atom. The number of hydrogen-bond donors (Lipinski definition) is 2. The number of benzene rings is 2. The van der Waals surface area contributed by atoms with E-state index in [1.54, 1.807) is 43.0 Å². The summed E-state index contributed by atoms with van der Waals surface area (Å²) in [7, 11) is 3.35. The van der Waals surface area contributed by atoms with Gasteiger partial charge in [0.15, 0.2) is 5.16 Å². The Kier molecular flexibility index (Phi) is 7.30. The van der Waals surface area contributed by atoms with Gasteiger partial charge < -0.3 is 19.9 Å². The maximum Gasteiger partial charge on any atom is 0.234 e. The smallest absolute Gasteiger partial charge is 0.234 e. The van der Waals surface area contributed by atoms with Crippen LogP contribution < -0.4 is 15.4 Å². The maximum atomic E-state index is 12.4. The molecule has 0 radical (unpaired) electrons. The summed E-state index contributed by atoms with van der Waals surface area (Å²) in [6.07, 6.45) is 0.0656. The number of amides is 2. The molecule has 1 aromatic heterocycles. The average molecular weight is 440 g/mol. The lowest BCUT2D eigenvalue weighted by atomic mass is 10.1. The summed E-state index contributed by atoms with van der Waals surface area (Å²) in [6.45, 7) is 4.03. The van der Waals surface area contributed by atoms with Gasteiger partial charge in [0.05, 0.1) is 19.3 Å². The summed E-state index contributed by atoms with van der Waals surface area (Å²) in [6, 6.07) is 12.9. The van der Waals surface area contributed by atoms with Crippen molar-refractivity contribution < 1.29 is 14.3 Å². The number of aryl methyl sites for hydroxylation is 2. The maximum absolute atomic E-state index is 12.4. The lowest BCUT2D eigenvalue weighted by Gasteiger charge is -2.08. The summed E-state index contributed by atoms with van der Waals surface area (Å²) in [5.41, 5.74) is 3.70. The van der Waals surface area contributed by atoms with Crippen molar-refractivity contribution in [2.75, 3.05) is 23.5 Å². The van der Waals surface area contributed by atoms with Crippen molar-refractivity contribution in [2.45, 2.75) is 25.4 Å². The van der Waals surface area contributed by atoms with Gasteiger partial charge in [-0.05, 0) is 49.2 Å². The quantitative estimate of drug-likeness (QED) is 0.523. The van der Waals surface area contributed by atoms with Gasteiger partial charge in [-0.15, -0.1) is 10.2 Å². The highest BCUT2D eigenvalue weighted by molar-refractivity contribution is 7.99. The lowest BCUT2D eigenvalue weighted by molar-refractivity contribution is -0.116. The summed E-state index contributed by atoms with van der Waals surface area (Å²) in [5.74, 6) is 1.02. The van der Waals surface area contributed by atoms with E-state index in [2.05, 4.69) is 20.8 Å². The lowest BCUT2D eigenvalue weighted by Crippen LogP contribution is -2.17. The van der Waals surface area contributed by atoms with Crippen LogP contribution in [0.15, 0.2) is 47.6 Å². The van der Waals surface area contributed by atoms with Crippen molar-refractivity contribution in [2.24, 2.45) is 7.05 Å². The highest BCUT2D eigenvalue weighted by Gasteiger charge is 2.15. The minimum absolute atomic E-state index is 0.0656. The highest BCUT2D eigenvalue weighted by atomic mass is 32.2. The summed E-state index contributed by atoms with van der Waals surface area (Å²) in [4.78, 5) is 24.6. The highest BCUT2D eigenvalue weighted by Crippen LogP contribution is 2.19. The number of aromatic nitrogens is 3. The molecule has 0 atom stereocenters. The van der Waals surface area contributed by atoms with Crippen LogP contribution in [0.1, 0.15) is 17.0 Å². The van der Waals surface area contributed by atoms with Crippen LogP contribution in [0.2, 0.25) is 0 Å². The van der Waals surface area contributed by atoms with E-state index in [1.807, 2.05) is 32.0 Å². The molecule has 31 heavy (non-hydrogen) atoms. The van der Waals surface area contributed by atoms with E-state index < -0.39 is 0 Å². The molecule has 8 nitrogen and oxygen atoms in total. The Bertz CT molecular complexity index is 1100. The van der Waals surface area contributed by atoms with Crippen molar-refractivity contribution >= 4 is 35.0 Å². The second-order valence-corrected chi connectivity index (χ2v) is 7.99. The molecule has 0 spiro atoms. The normalized spacial score (nSPS) is 10.6. The van der Waals surface area contributed by atoms with Crippen molar-refractivity contribution in [1.82, 2.24) is 14.8 Å². The molecule has 0 saturated heterocycles. The molecule has 162 valence electrons. The molecule has 3 rings (SSSR count). The zero-order valence-corrected chi connectivity index (χ0v) is 18.7. The molecule has 2 aromatic carbocycles. The number of carbonyl (C=O) groups excluding carboxylic acids is 2. The van der Waals surface area contributed by atoms with Crippen molar-refractivity contribution in [3.05, 3.63) is 59.4 Å². The fraction of sp³-hybridized carbons (Fsp3) is 0.273. The molecule has 9 heteroatoms. The number of anilines is 2. The topological polar surface area (TPSA) is 98.1 Å². The van der Waals surface area contributed by atoms with Gasteiger partial charge in [0.25, 0.3) is 0 Å². The van der Waals surface area contributed by atoms with Crippen LogP contribution in [-0.4, -0.2) is 39.4 Å². The van der Waals surface area contributed by atoms with Crippen molar-refractivity contribution in [3.8, 4) is 5.75 Å². The Morgan fingerprint density at radius 3 is 2.48 bits per heavy atom. The number of carbonyl (C=O) groups is 2. The molecular weight excluding hydrogens is 414 g/mol. The third-order valence-corrected chi connectivity index (χ3v) is 5.74. The first-order chi connectivity index (χ1) is 14.9. The molecule has 0 fully saturated rings. The van der Waals surface area contributed by atoms with Gasteiger partial charge in [-0.2, -0.15) is 0 Å². The van der Waals surface area contributed by atoms with Gasteiger partial charge in [-0.1, -0.05) is 23.9 Å². The fourth-order valence-corrected chi connectivity index (χ4v) is 3.55. The Labute approximate surface area is 185 Å². The molecule has 0 aliphatic rings. The predicted octanol–water partition coefficient (Wildman–Crippen LogP) is 3.35. The Balaban J connectivity index is 1.53. The molecule has 0 unspecified atom stereocenters. The third-order valence-electron chi connectivity index (χ3n) is 4.72. The number of nitrogens with zero attached hydrogens (tertiary/aromatic N) is 3. The number of ether oxygens (including phenoxy) is 1. The SMILES string of the molecule is COc1cccc(NC(=O)Cc2nnc(SCC(=O)Nc3ccc(C)c(C)c3)n2C)c1. The Morgan fingerprint density at radius 1 is 1.00 bits per heavy atom. The molecular formula is C22H25N5O3S. The van der Waals surface area contributed by atoms with Crippen LogP contribution in [0.5, 0.6) is 5.75 Å². The van der Waals surface area contributed by atoms with Crippen LogP contribution in [0.3, 0.4) is 0 Å². The minimum atomic E-state index is -0.215. The summed E-state index contributed by atoms with van der Waals surface area (Å²) in [5, 5.41) is 14.5. The predicted molar refractivity (Wildman–Crippen MR) is 122 cm³/mol. The average Bonchev–Trinajstić information content (AvgIpc) is 3.08. The van der Waals surface area contributed by atoms with Crippen LogP contribution in [0, 0.1) is 13.8 Å². The summed E-state index contributed by atoms with van der Waals surface area (Å²) < 4.78 is 6.88. The van der Waals surface area contributed by atoms with Crippen LogP contribution in [-0.2, 0) is 23.1 Å². The summed E-state index contributed by atoms with van der Waals surface area (Å²) >= 11 is 1.27. The van der Waals surface area contributed by atoms with Gasteiger partial charge in [-0.3, -0.25) is 9.59 Å². The molecule has 0 bridgehead atoms. The van der Waals surface area contributed by atoms with Crippen molar-refractivity contribution in [1.29, 1.82) is 0 Å². The molecule has 0 aliphatic heterocycles. The second kappa shape index (κ2) is 10.1. The van der Waals surface area contributed by atoms with Crippen LogP contribution in [0.25, 0.3) is 0 Å². The van der Waals surface area contributed by atoms with Gasteiger partial charge in [0.2, 0.25) is 11.8 Å². The van der Waals surface area contributed by atoms with E-state index >= 15 is 0 Å². The fourth-order valence-electron chi connectivity index (χ4n) is 2.82. The van der Waals surface area contributed by atoms with E-state index in [1.165, 1.54) is 17.3 Å². The molecule has 1 heterocycles. The number of nitrogens with one attached hydrogen (secondary N) is 2.